The first kappa shape index (κ1) is 107. The smallest absolute Gasteiger partial charge is 0 e. The van der Waals surface area contributed by atoms with E-state index in [1.54, 1.807) is 0 Å². The Balaban J connectivity index is -0.00000000306. The van der Waals surface area contributed by atoms with Crippen molar-refractivity contribution in [2.45, 2.75) is 133 Å². The Hall–Kier alpha value is 0.584. The monoisotopic (exact) mass is 342 g/mol. The van der Waals surface area contributed by atoms with Crippen molar-refractivity contribution >= 4 is 0 Å². The molecule has 0 bridgehead atoms. The Bertz CT molecular complexity index is 11.5. The molecule has 0 nitrogen and oxygen atoms in total. The minimum absolute atomic E-state index is 0. The molecule has 0 atom stereocenters. The first-order valence-corrected chi connectivity index (χ1v) is 8.00. The summed E-state index contributed by atoms with van der Waals surface area (Å²) in [6, 6.07) is 0. The maximum Gasteiger partial charge on any atom is 0 e. The van der Waals surface area contributed by atoms with Gasteiger partial charge in [0.25, 0.3) is 0 Å². The van der Waals surface area contributed by atoms with Crippen LogP contribution in [0.2, 0.25) is 0 Å². The van der Waals surface area contributed by atoms with E-state index in [9.17, 15) is 0 Å². The van der Waals surface area contributed by atoms with E-state index in [2.05, 4.69) is 0 Å². The van der Waals surface area contributed by atoms with Crippen molar-refractivity contribution in [3.05, 3.63) is 0 Å². The second-order valence-electron chi connectivity index (χ2n) is 0. The Morgan fingerprint density at radius 3 is 0.250 bits per heavy atom. The van der Waals surface area contributed by atoms with E-state index >= 15 is 0 Å². The molecule has 0 saturated carbocycles. The molecular formula is C19H62V. The molecule has 0 fully saturated rings. The molecule has 0 aliphatic carbocycles. The van der Waals surface area contributed by atoms with Crippen molar-refractivity contribution in [2.24, 2.45) is 0 Å². The van der Waals surface area contributed by atoms with Gasteiger partial charge in [0, 0.05) is 20.0 Å². The molecule has 0 saturated heterocycles. The van der Waals surface area contributed by atoms with Gasteiger partial charge in [-0.05, 0) is 0 Å². The van der Waals surface area contributed by atoms with Crippen molar-refractivity contribution in [1.29, 1.82) is 0 Å². The first-order chi connectivity index (χ1) is 8.00. The Labute approximate surface area is 153 Å². The molecule has 0 aromatic carbocycles. The van der Waals surface area contributed by atoms with E-state index in [0.29, 0.717) is 0 Å². The van der Waals surface area contributed by atoms with Gasteiger partial charge in [0.15, 0.2) is 0 Å². The van der Waals surface area contributed by atoms with Crippen LogP contribution in [0.15, 0.2) is 0 Å². The normalized spacial score (nSPS) is 2.40. The van der Waals surface area contributed by atoms with Gasteiger partial charge >= 0.3 is 0 Å². The van der Waals surface area contributed by atoms with Crippen LogP contribution in [0.3, 0.4) is 0 Å². The Morgan fingerprint density at radius 2 is 0.250 bits per heavy atom. The average Bonchev–Trinajstić information content (AvgIpc) is 2.54. The van der Waals surface area contributed by atoms with E-state index in [4.69, 9.17) is 0 Å². The van der Waals surface area contributed by atoms with Gasteiger partial charge < -0.3 is 0 Å². The number of hydrogen-bond acceptors (Lipinski definition) is 0. The molecule has 0 aliphatic heterocycles. The molecule has 0 aromatic rings. The van der Waals surface area contributed by atoms with Gasteiger partial charge in [0.05, 0.1) is 0 Å². The average molecular weight is 343 g/mol. The zero-order chi connectivity index (χ0) is 16.0. The van der Waals surface area contributed by atoms with Crippen molar-refractivity contribution < 1.29 is 20.0 Å². The zero-order valence-corrected chi connectivity index (χ0v) is 17.8. The molecule has 1 heteroatoms. The SMILES string of the molecule is C.C.C.CC.CC.CC.CC.CC.CC.CC.CC.[2HH].[V]. The van der Waals surface area contributed by atoms with Crippen LogP contribution in [-0.2, 0) is 18.6 Å². The molecule has 0 aliphatic rings. The fraction of sp³-hybridized carbons (Fsp3) is 1.00. The van der Waals surface area contributed by atoms with Crippen molar-refractivity contribution in [1.82, 2.24) is 0 Å². The molecule has 0 aromatic heterocycles. The van der Waals surface area contributed by atoms with Gasteiger partial charge in [0.2, 0.25) is 0 Å². The third-order valence-electron chi connectivity index (χ3n) is 0. The van der Waals surface area contributed by atoms with Gasteiger partial charge in [-0.25, -0.2) is 0 Å². The van der Waals surface area contributed by atoms with Crippen LogP contribution in [0.25, 0.3) is 0 Å². The van der Waals surface area contributed by atoms with Gasteiger partial charge in [0.1, 0.15) is 0 Å². The topological polar surface area (TPSA) is 0 Å². The standard InChI is InChI=1S/8C2H6.3CH4.V.H2/c8*1-2;;;;;/h8*1-2H3;3*1H4;;1H/i;;;;;;;;;;;;1+1. The zero-order valence-electron chi connectivity index (χ0n) is 16.4. The Kier molecular flexibility index (Phi) is 106000. The molecule has 143 valence electrons. The van der Waals surface area contributed by atoms with Crippen LogP contribution in [0.5, 0.6) is 0 Å². The predicted molar refractivity (Wildman–Crippen MR) is 113 cm³/mol. The first-order valence-electron chi connectivity index (χ1n) is 8.00. The molecule has 1 radical (unpaired) electrons. The molecule has 0 heterocycles. The van der Waals surface area contributed by atoms with Crippen molar-refractivity contribution in [3.63, 3.8) is 0 Å². The van der Waals surface area contributed by atoms with Crippen LogP contribution >= 0.6 is 0 Å². The molecule has 0 N–H and O–H groups in total. The molecule has 20 heavy (non-hydrogen) atoms. The largest absolute Gasteiger partial charge is 0.0776 e. The molecule has 0 unspecified atom stereocenters. The molecule has 0 spiro atoms. The third kappa shape index (κ3) is 16800. The summed E-state index contributed by atoms with van der Waals surface area (Å²) in [5, 5.41) is 0. The maximum atomic E-state index is 2.00. The summed E-state index contributed by atoms with van der Waals surface area (Å²) in [4.78, 5) is 0. The molecular weight excluding hydrogens is 279 g/mol. The van der Waals surface area contributed by atoms with Crippen LogP contribution in [0, 0.1) is 0 Å². The second-order valence-corrected chi connectivity index (χ2v) is 0. The number of hydrogen-bond donors (Lipinski definition) is 0. The van der Waals surface area contributed by atoms with Crippen LogP contribution in [0.4, 0.5) is 0 Å². The fourth-order valence-corrected chi connectivity index (χ4v) is 0. The summed E-state index contributed by atoms with van der Waals surface area (Å²) in [6.45, 7) is 32.0. The van der Waals surface area contributed by atoms with Crippen molar-refractivity contribution in [3.8, 4) is 0 Å². The van der Waals surface area contributed by atoms with E-state index in [-0.39, 0.29) is 42.3 Å². The van der Waals surface area contributed by atoms with E-state index in [0.717, 1.165) is 0 Å². The number of rotatable bonds is 0. The van der Waals surface area contributed by atoms with Crippen LogP contribution in [-0.4, -0.2) is 0 Å². The van der Waals surface area contributed by atoms with E-state index < -0.39 is 0 Å². The third-order valence-corrected chi connectivity index (χ3v) is 0. The van der Waals surface area contributed by atoms with Gasteiger partial charge in [-0.2, -0.15) is 0 Å². The maximum absolute atomic E-state index is 2.00. The van der Waals surface area contributed by atoms with Gasteiger partial charge in [-0.1, -0.05) is 133 Å². The Morgan fingerprint density at radius 1 is 0.250 bits per heavy atom. The molecule has 0 rings (SSSR count). The van der Waals surface area contributed by atoms with Gasteiger partial charge in [-0.3, -0.25) is 0 Å². The summed E-state index contributed by atoms with van der Waals surface area (Å²) in [7, 11) is 0. The summed E-state index contributed by atoms with van der Waals surface area (Å²) >= 11 is 0. The summed E-state index contributed by atoms with van der Waals surface area (Å²) < 4.78 is 0. The van der Waals surface area contributed by atoms with Crippen LogP contribution in [0.1, 0.15) is 134 Å². The summed E-state index contributed by atoms with van der Waals surface area (Å²) in [5.74, 6) is 0. The predicted octanol–water partition coefficient (Wildman–Crippen LogP) is 10.4. The summed E-state index contributed by atoms with van der Waals surface area (Å²) in [6.07, 6.45) is 0. The van der Waals surface area contributed by atoms with E-state index in [1.165, 1.54) is 0 Å². The van der Waals surface area contributed by atoms with Crippen LogP contribution < -0.4 is 0 Å². The quantitative estimate of drug-likeness (QED) is 0.410. The fourth-order valence-electron chi connectivity index (χ4n) is 0. The molecule has 0 amide bonds. The van der Waals surface area contributed by atoms with Gasteiger partial charge in [-0.15, -0.1) is 0 Å². The summed E-state index contributed by atoms with van der Waals surface area (Å²) in [5.41, 5.74) is 0. The van der Waals surface area contributed by atoms with E-state index in [1.807, 2.05) is 111 Å². The van der Waals surface area contributed by atoms with Crippen molar-refractivity contribution in [2.75, 3.05) is 0 Å². The second kappa shape index (κ2) is 19800. The minimum atomic E-state index is 0. The minimum Gasteiger partial charge on any atom is -0.0776 e.